The van der Waals surface area contributed by atoms with E-state index in [9.17, 15) is 14.0 Å². The van der Waals surface area contributed by atoms with Crippen LogP contribution in [-0.4, -0.2) is 29.8 Å². The lowest BCUT2D eigenvalue weighted by Gasteiger charge is -2.31. The van der Waals surface area contributed by atoms with Crippen molar-refractivity contribution in [2.45, 2.75) is 39.2 Å². The minimum atomic E-state index is -0.309. The maximum atomic E-state index is 13.5. The Labute approximate surface area is 142 Å². The first-order valence-electron chi connectivity index (χ1n) is 8.32. The number of hydrogen-bond donors (Lipinski definition) is 1. The van der Waals surface area contributed by atoms with Crippen LogP contribution < -0.4 is 5.32 Å². The van der Waals surface area contributed by atoms with Crippen molar-refractivity contribution in [3.8, 4) is 11.8 Å². The molecule has 2 amide bonds. The van der Waals surface area contributed by atoms with Gasteiger partial charge < -0.3 is 10.2 Å². The molecule has 24 heavy (non-hydrogen) atoms. The van der Waals surface area contributed by atoms with Crippen LogP contribution in [0.5, 0.6) is 0 Å². The van der Waals surface area contributed by atoms with Gasteiger partial charge in [0, 0.05) is 31.6 Å². The van der Waals surface area contributed by atoms with Crippen LogP contribution in [0.25, 0.3) is 0 Å². The van der Waals surface area contributed by atoms with Crippen molar-refractivity contribution in [1.82, 2.24) is 10.2 Å². The molecule has 0 unspecified atom stereocenters. The second-order valence-corrected chi connectivity index (χ2v) is 6.04. The first-order valence-corrected chi connectivity index (χ1v) is 8.32. The molecule has 128 valence electrons. The number of nitrogens with zero attached hydrogens (tertiary/aromatic N) is 1. The molecule has 4 nitrogen and oxygen atoms in total. The Bertz CT molecular complexity index is 648. The van der Waals surface area contributed by atoms with Crippen LogP contribution in [0.2, 0.25) is 0 Å². The van der Waals surface area contributed by atoms with Gasteiger partial charge in [0.2, 0.25) is 5.91 Å². The highest BCUT2D eigenvalue weighted by atomic mass is 19.1. The number of halogens is 1. The van der Waals surface area contributed by atoms with Gasteiger partial charge in [-0.05, 0) is 44.1 Å². The summed E-state index contributed by atoms with van der Waals surface area (Å²) in [6.07, 6.45) is 3.08. The number of likely N-dealkylation sites (tertiary alicyclic amines) is 1. The predicted molar refractivity (Wildman–Crippen MR) is 90.2 cm³/mol. The van der Waals surface area contributed by atoms with E-state index in [1.54, 1.807) is 30.0 Å². The van der Waals surface area contributed by atoms with Crippen molar-refractivity contribution in [2.75, 3.05) is 13.1 Å². The van der Waals surface area contributed by atoms with Crippen molar-refractivity contribution in [3.63, 3.8) is 0 Å². The van der Waals surface area contributed by atoms with Gasteiger partial charge in [-0.2, -0.15) is 0 Å². The van der Waals surface area contributed by atoms with E-state index in [4.69, 9.17) is 0 Å². The molecule has 5 heteroatoms. The van der Waals surface area contributed by atoms with Crippen LogP contribution in [0.4, 0.5) is 4.39 Å². The number of carbonyl (C=O) groups excluding carboxylic acids is 2. The Morgan fingerprint density at radius 2 is 2.17 bits per heavy atom. The molecule has 0 saturated carbocycles. The average Bonchev–Trinajstić information content (AvgIpc) is 2.60. The maximum absolute atomic E-state index is 13.5. The smallest absolute Gasteiger partial charge is 0.298 e. The van der Waals surface area contributed by atoms with E-state index < -0.39 is 0 Å². The topological polar surface area (TPSA) is 49.4 Å². The first kappa shape index (κ1) is 18.0. The van der Waals surface area contributed by atoms with E-state index in [2.05, 4.69) is 17.2 Å². The summed E-state index contributed by atoms with van der Waals surface area (Å²) in [5.41, 5.74) is 0.485. The molecule has 0 aromatic heterocycles. The predicted octanol–water partition coefficient (Wildman–Crippen LogP) is 2.48. The van der Waals surface area contributed by atoms with E-state index >= 15 is 0 Å². The second kappa shape index (κ2) is 9.07. The fourth-order valence-electron chi connectivity index (χ4n) is 2.93. The summed E-state index contributed by atoms with van der Waals surface area (Å²) in [5, 5.41) is 2.75. The Morgan fingerprint density at radius 3 is 2.92 bits per heavy atom. The summed E-state index contributed by atoms with van der Waals surface area (Å²) in [6, 6.07) is 6.42. The number of nitrogens with one attached hydrogen (secondary N) is 1. The van der Waals surface area contributed by atoms with Crippen LogP contribution in [-0.2, 0) is 16.1 Å². The van der Waals surface area contributed by atoms with Crippen LogP contribution in [0.15, 0.2) is 24.3 Å². The summed E-state index contributed by atoms with van der Waals surface area (Å²) >= 11 is 0. The third-order valence-corrected chi connectivity index (χ3v) is 4.25. The molecule has 1 aromatic rings. The standard InChI is InChI=1S/C19H23FN2O2/c1-2-6-19(24)22-12-5-7-15(14-22)10-11-18(23)21-13-16-8-3-4-9-17(16)20/h3-4,8-9,15H,5,7,10-14H2,1H3,(H,21,23)/t15-/m1/s1. The average molecular weight is 330 g/mol. The number of hydrogen-bond acceptors (Lipinski definition) is 2. The van der Waals surface area contributed by atoms with E-state index in [-0.39, 0.29) is 24.2 Å². The summed E-state index contributed by atoms with van der Waals surface area (Å²) in [7, 11) is 0. The molecule has 1 atom stereocenters. The number of piperidine rings is 1. The van der Waals surface area contributed by atoms with Gasteiger partial charge in [-0.3, -0.25) is 9.59 Å². The molecule has 1 fully saturated rings. The molecule has 2 rings (SSSR count). The van der Waals surface area contributed by atoms with E-state index in [0.29, 0.717) is 24.4 Å². The highest BCUT2D eigenvalue weighted by Gasteiger charge is 2.23. The molecule has 1 heterocycles. The molecular formula is C19H23FN2O2. The molecule has 0 aliphatic carbocycles. The minimum absolute atomic E-state index is 0.0879. The van der Waals surface area contributed by atoms with Crippen molar-refractivity contribution < 1.29 is 14.0 Å². The van der Waals surface area contributed by atoms with Crippen molar-refractivity contribution in [3.05, 3.63) is 35.6 Å². The second-order valence-electron chi connectivity index (χ2n) is 6.04. The van der Waals surface area contributed by atoms with Crippen molar-refractivity contribution in [2.24, 2.45) is 5.92 Å². The Kier molecular flexibility index (Phi) is 6.80. The molecule has 1 aromatic carbocycles. The Hall–Kier alpha value is -2.35. The molecule has 0 spiro atoms. The normalized spacial score (nSPS) is 16.9. The first-order chi connectivity index (χ1) is 11.6. The van der Waals surface area contributed by atoms with Gasteiger partial charge >= 0.3 is 0 Å². The number of amides is 2. The van der Waals surface area contributed by atoms with Crippen molar-refractivity contribution in [1.29, 1.82) is 0 Å². The van der Waals surface area contributed by atoms with Gasteiger partial charge in [0.1, 0.15) is 5.82 Å². The lowest BCUT2D eigenvalue weighted by molar-refractivity contribution is -0.126. The van der Waals surface area contributed by atoms with Crippen molar-refractivity contribution >= 4 is 11.8 Å². The molecular weight excluding hydrogens is 307 g/mol. The van der Waals surface area contributed by atoms with E-state index in [1.165, 1.54) is 6.07 Å². The highest BCUT2D eigenvalue weighted by molar-refractivity contribution is 5.93. The number of rotatable bonds is 5. The molecule has 1 saturated heterocycles. The molecule has 0 bridgehead atoms. The van der Waals surface area contributed by atoms with Gasteiger partial charge in [0.15, 0.2) is 0 Å². The summed E-state index contributed by atoms with van der Waals surface area (Å²) in [5.74, 6) is 4.99. The lowest BCUT2D eigenvalue weighted by Crippen LogP contribution is -2.39. The molecule has 1 aliphatic heterocycles. The molecule has 1 N–H and O–H groups in total. The maximum Gasteiger partial charge on any atom is 0.298 e. The van der Waals surface area contributed by atoms with Gasteiger partial charge in [0.05, 0.1) is 0 Å². The van der Waals surface area contributed by atoms with Crippen LogP contribution >= 0.6 is 0 Å². The zero-order chi connectivity index (χ0) is 17.4. The van der Waals surface area contributed by atoms with Gasteiger partial charge in [0.25, 0.3) is 5.91 Å². The number of carbonyl (C=O) groups is 2. The summed E-state index contributed by atoms with van der Waals surface area (Å²) in [4.78, 5) is 25.5. The zero-order valence-electron chi connectivity index (χ0n) is 14.0. The molecule has 1 aliphatic rings. The molecule has 0 radical (unpaired) electrons. The highest BCUT2D eigenvalue weighted by Crippen LogP contribution is 2.21. The monoisotopic (exact) mass is 330 g/mol. The quantitative estimate of drug-likeness (QED) is 0.843. The van der Waals surface area contributed by atoms with Gasteiger partial charge in [-0.25, -0.2) is 4.39 Å². The van der Waals surface area contributed by atoms with Crippen LogP contribution in [0.1, 0.15) is 38.2 Å². The zero-order valence-corrected chi connectivity index (χ0v) is 14.0. The largest absolute Gasteiger partial charge is 0.352 e. The van der Waals surface area contributed by atoms with Crippen LogP contribution in [0.3, 0.4) is 0 Å². The minimum Gasteiger partial charge on any atom is -0.352 e. The number of benzene rings is 1. The Morgan fingerprint density at radius 1 is 1.38 bits per heavy atom. The van der Waals surface area contributed by atoms with Crippen LogP contribution in [0, 0.1) is 23.6 Å². The SMILES string of the molecule is CC#CC(=O)N1CCC[C@H](CCC(=O)NCc2ccccc2F)C1. The fourth-order valence-corrected chi connectivity index (χ4v) is 2.93. The third-order valence-electron chi connectivity index (χ3n) is 4.25. The van der Waals surface area contributed by atoms with Gasteiger partial charge in [-0.1, -0.05) is 24.1 Å². The lowest BCUT2D eigenvalue weighted by atomic mass is 9.93. The van der Waals surface area contributed by atoms with E-state index in [0.717, 1.165) is 25.8 Å². The summed E-state index contributed by atoms with van der Waals surface area (Å²) in [6.45, 7) is 3.25. The van der Waals surface area contributed by atoms with Gasteiger partial charge in [-0.15, -0.1) is 0 Å². The Balaban J connectivity index is 1.74. The third kappa shape index (κ3) is 5.38. The summed E-state index contributed by atoms with van der Waals surface area (Å²) < 4.78 is 13.5. The fraction of sp³-hybridized carbons (Fsp3) is 0.474. The van der Waals surface area contributed by atoms with E-state index in [1.807, 2.05) is 0 Å².